The summed E-state index contributed by atoms with van der Waals surface area (Å²) in [7, 11) is 0. The van der Waals surface area contributed by atoms with Crippen LogP contribution < -0.4 is 10.2 Å². The van der Waals surface area contributed by atoms with Gasteiger partial charge in [0.2, 0.25) is 11.8 Å². The number of carbonyl (C=O) groups is 2. The van der Waals surface area contributed by atoms with Gasteiger partial charge in [0, 0.05) is 29.4 Å². The molecule has 2 amide bonds. The van der Waals surface area contributed by atoms with Crippen molar-refractivity contribution in [2.45, 2.75) is 13.0 Å². The molecule has 0 radical (unpaired) electrons. The Morgan fingerprint density at radius 2 is 2.04 bits per heavy atom. The minimum Gasteiger partial charge on any atom is -0.326 e. The molecule has 3 aromatic rings. The first-order valence-corrected chi connectivity index (χ1v) is 9.24. The van der Waals surface area contributed by atoms with Gasteiger partial charge in [0.25, 0.3) is 0 Å². The van der Waals surface area contributed by atoms with Crippen molar-refractivity contribution in [3.05, 3.63) is 71.8 Å². The number of carbonyl (C=O) groups excluding carboxylic acids is 2. The zero-order valence-corrected chi connectivity index (χ0v) is 15.7. The molecule has 0 unspecified atom stereocenters. The lowest BCUT2D eigenvalue weighted by Crippen LogP contribution is -2.28. The summed E-state index contributed by atoms with van der Waals surface area (Å²) in [5.74, 6) is -0.632. The van der Waals surface area contributed by atoms with E-state index in [1.54, 1.807) is 40.2 Å². The van der Waals surface area contributed by atoms with Gasteiger partial charge in [0.15, 0.2) is 0 Å². The fraction of sp³-hybridized carbons (Fsp3) is 0.200. The van der Waals surface area contributed by atoms with Crippen molar-refractivity contribution < 1.29 is 9.59 Å². The minimum atomic E-state index is -0.401. The molecule has 1 aromatic heterocycles. The molecule has 7 nitrogen and oxygen atoms in total. The zero-order valence-electron chi connectivity index (χ0n) is 15.0. The highest BCUT2D eigenvalue weighted by Crippen LogP contribution is 2.27. The molecule has 1 N–H and O–H groups in total. The number of rotatable bonds is 5. The van der Waals surface area contributed by atoms with Gasteiger partial charge in [-0.15, -0.1) is 0 Å². The Hall–Kier alpha value is -3.19. The maximum Gasteiger partial charge on any atom is 0.229 e. The quantitative estimate of drug-likeness (QED) is 0.720. The largest absolute Gasteiger partial charge is 0.326 e. The Bertz CT molecular complexity index is 988. The SMILES string of the molecule is O=C(Nc1cccc(Cn2cncn2)c1)[C@@H]1CC(=O)N(c2ccc(Cl)cc2)C1. The summed E-state index contributed by atoms with van der Waals surface area (Å²) < 4.78 is 1.71. The molecule has 142 valence electrons. The number of hydrogen-bond donors (Lipinski definition) is 1. The van der Waals surface area contributed by atoms with E-state index >= 15 is 0 Å². The fourth-order valence-corrected chi connectivity index (χ4v) is 3.37. The molecule has 0 spiro atoms. The second-order valence-electron chi connectivity index (χ2n) is 6.66. The van der Waals surface area contributed by atoms with E-state index < -0.39 is 5.92 Å². The fourth-order valence-electron chi connectivity index (χ4n) is 3.25. The van der Waals surface area contributed by atoms with Crippen molar-refractivity contribution in [3.8, 4) is 0 Å². The summed E-state index contributed by atoms with van der Waals surface area (Å²) in [6.07, 6.45) is 3.31. The summed E-state index contributed by atoms with van der Waals surface area (Å²) in [6.45, 7) is 0.918. The Balaban J connectivity index is 1.41. The van der Waals surface area contributed by atoms with Crippen molar-refractivity contribution in [1.29, 1.82) is 0 Å². The third kappa shape index (κ3) is 4.04. The molecule has 2 heterocycles. The lowest BCUT2D eigenvalue weighted by atomic mass is 10.1. The van der Waals surface area contributed by atoms with Gasteiger partial charge in [-0.05, 0) is 42.0 Å². The number of benzene rings is 2. The van der Waals surface area contributed by atoms with Crippen LogP contribution in [0, 0.1) is 5.92 Å². The Kier molecular flexibility index (Phi) is 5.08. The average Bonchev–Trinajstić information content (AvgIpc) is 3.32. The van der Waals surface area contributed by atoms with E-state index in [9.17, 15) is 9.59 Å². The van der Waals surface area contributed by atoms with Crippen molar-refractivity contribution in [3.63, 3.8) is 0 Å². The number of nitrogens with zero attached hydrogens (tertiary/aromatic N) is 4. The van der Waals surface area contributed by atoms with Crippen LogP contribution in [0.2, 0.25) is 5.02 Å². The van der Waals surface area contributed by atoms with E-state index in [-0.39, 0.29) is 18.2 Å². The number of halogens is 1. The summed E-state index contributed by atoms with van der Waals surface area (Å²) in [4.78, 5) is 30.6. The molecule has 0 bridgehead atoms. The maximum atomic E-state index is 12.7. The van der Waals surface area contributed by atoms with E-state index in [4.69, 9.17) is 11.6 Å². The second kappa shape index (κ2) is 7.82. The van der Waals surface area contributed by atoms with Crippen molar-refractivity contribution in [2.75, 3.05) is 16.8 Å². The topological polar surface area (TPSA) is 80.1 Å². The summed E-state index contributed by atoms with van der Waals surface area (Å²) in [6, 6.07) is 14.6. The van der Waals surface area contributed by atoms with Gasteiger partial charge in [0.1, 0.15) is 12.7 Å². The first kappa shape index (κ1) is 18.2. The van der Waals surface area contributed by atoms with E-state index in [2.05, 4.69) is 15.4 Å². The van der Waals surface area contributed by atoms with Gasteiger partial charge in [-0.3, -0.25) is 9.59 Å². The van der Waals surface area contributed by atoms with Crippen LogP contribution in [-0.4, -0.2) is 33.1 Å². The van der Waals surface area contributed by atoms with Crippen LogP contribution in [0.1, 0.15) is 12.0 Å². The first-order valence-electron chi connectivity index (χ1n) is 8.86. The minimum absolute atomic E-state index is 0.0672. The number of nitrogens with one attached hydrogen (secondary N) is 1. The van der Waals surface area contributed by atoms with Gasteiger partial charge in [0.05, 0.1) is 12.5 Å². The third-order valence-electron chi connectivity index (χ3n) is 4.64. The van der Waals surface area contributed by atoms with Crippen LogP contribution in [0.15, 0.2) is 61.2 Å². The number of amides is 2. The lowest BCUT2D eigenvalue weighted by Gasteiger charge is -2.17. The van der Waals surface area contributed by atoms with Gasteiger partial charge in [-0.25, -0.2) is 9.67 Å². The van der Waals surface area contributed by atoms with Crippen molar-refractivity contribution in [1.82, 2.24) is 14.8 Å². The Morgan fingerprint density at radius 1 is 1.21 bits per heavy atom. The summed E-state index contributed by atoms with van der Waals surface area (Å²) in [5.41, 5.74) is 2.44. The molecule has 1 saturated heterocycles. The Morgan fingerprint density at radius 3 is 2.79 bits per heavy atom. The number of anilines is 2. The monoisotopic (exact) mass is 395 g/mol. The predicted molar refractivity (Wildman–Crippen MR) is 106 cm³/mol. The van der Waals surface area contributed by atoms with E-state index in [0.29, 0.717) is 23.8 Å². The molecule has 1 atom stereocenters. The van der Waals surface area contributed by atoms with Crippen LogP contribution in [0.5, 0.6) is 0 Å². The molecule has 28 heavy (non-hydrogen) atoms. The highest BCUT2D eigenvalue weighted by atomic mass is 35.5. The van der Waals surface area contributed by atoms with Gasteiger partial charge < -0.3 is 10.2 Å². The second-order valence-corrected chi connectivity index (χ2v) is 7.10. The average molecular weight is 396 g/mol. The van der Waals surface area contributed by atoms with Crippen LogP contribution in [0.3, 0.4) is 0 Å². The molecular weight excluding hydrogens is 378 g/mol. The Labute approximate surface area is 166 Å². The molecule has 1 aliphatic heterocycles. The highest BCUT2D eigenvalue weighted by Gasteiger charge is 2.35. The van der Waals surface area contributed by atoms with Gasteiger partial charge in [-0.2, -0.15) is 5.10 Å². The first-order chi connectivity index (χ1) is 13.6. The van der Waals surface area contributed by atoms with Crippen LogP contribution in [-0.2, 0) is 16.1 Å². The van der Waals surface area contributed by atoms with Crippen molar-refractivity contribution >= 4 is 34.8 Å². The summed E-state index contributed by atoms with van der Waals surface area (Å²) in [5, 5.41) is 7.61. The molecule has 2 aromatic carbocycles. The van der Waals surface area contributed by atoms with Crippen LogP contribution >= 0.6 is 11.6 Å². The lowest BCUT2D eigenvalue weighted by molar-refractivity contribution is -0.122. The van der Waals surface area contributed by atoms with E-state index in [1.807, 2.05) is 24.3 Å². The van der Waals surface area contributed by atoms with Gasteiger partial charge >= 0.3 is 0 Å². The molecule has 0 saturated carbocycles. The highest BCUT2D eigenvalue weighted by molar-refractivity contribution is 6.30. The molecule has 0 aliphatic carbocycles. The third-order valence-corrected chi connectivity index (χ3v) is 4.89. The molecular formula is C20H18ClN5O2. The smallest absolute Gasteiger partial charge is 0.229 e. The molecule has 8 heteroatoms. The van der Waals surface area contributed by atoms with Crippen LogP contribution in [0.4, 0.5) is 11.4 Å². The summed E-state index contributed by atoms with van der Waals surface area (Å²) >= 11 is 5.90. The van der Waals surface area contributed by atoms with E-state index in [0.717, 1.165) is 11.3 Å². The molecule has 1 aliphatic rings. The standard InChI is InChI=1S/C20H18ClN5O2/c21-16-4-6-18(7-5-16)26-11-15(9-19(26)27)20(28)24-17-3-1-2-14(8-17)10-25-13-22-12-23-25/h1-8,12-13,15H,9-11H2,(H,24,28)/t15-/m1/s1. The zero-order chi connectivity index (χ0) is 19.5. The van der Waals surface area contributed by atoms with Crippen LogP contribution in [0.25, 0.3) is 0 Å². The maximum absolute atomic E-state index is 12.7. The van der Waals surface area contributed by atoms with E-state index in [1.165, 1.54) is 6.33 Å². The number of hydrogen-bond acceptors (Lipinski definition) is 4. The molecule has 1 fully saturated rings. The molecule has 4 rings (SSSR count). The predicted octanol–water partition coefficient (Wildman–Crippen LogP) is 2.97. The van der Waals surface area contributed by atoms with Gasteiger partial charge in [-0.1, -0.05) is 23.7 Å². The normalized spacial score (nSPS) is 16.4. The van der Waals surface area contributed by atoms with Crippen molar-refractivity contribution in [2.24, 2.45) is 5.92 Å². The number of aromatic nitrogens is 3.